The van der Waals surface area contributed by atoms with E-state index in [-0.39, 0.29) is 5.56 Å². The SMILES string of the molecule is CC(C(N)=O)n1c(-c2ccccc2)nc2scc(-c3ccccc3)c2c1=O. The highest BCUT2D eigenvalue weighted by molar-refractivity contribution is 7.17. The van der Waals surface area contributed by atoms with Gasteiger partial charge in [0.05, 0.1) is 5.39 Å². The molecule has 0 aliphatic carbocycles. The fourth-order valence-electron chi connectivity index (χ4n) is 3.11. The maximum atomic E-state index is 13.4. The molecule has 2 heterocycles. The average Bonchev–Trinajstić information content (AvgIpc) is 3.13. The molecule has 0 radical (unpaired) electrons. The van der Waals surface area contributed by atoms with Crippen LogP contribution in [0.5, 0.6) is 0 Å². The lowest BCUT2D eigenvalue weighted by atomic mass is 10.1. The number of carbonyl (C=O) groups is 1. The molecule has 0 spiro atoms. The van der Waals surface area contributed by atoms with Crippen molar-refractivity contribution in [2.75, 3.05) is 0 Å². The smallest absolute Gasteiger partial charge is 0.263 e. The number of rotatable bonds is 4. The van der Waals surface area contributed by atoms with Crippen LogP contribution in [-0.4, -0.2) is 15.5 Å². The second kappa shape index (κ2) is 6.81. The zero-order chi connectivity index (χ0) is 19.0. The van der Waals surface area contributed by atoms with Gasteiger partial charge in [0.1, 0.15) is 16.7 Å². The van der Waals surface area contributed by atoms with Crippen molar-refractivity contribution in [3.8, 4) is 22.5 Å². The van der Waals surface area contributed by atoms with Crippen LogP contribution in [0, 0.1) is 0 Å². The Morgan fingerprint density at radius 3 is 2.22 bits per heavy atom. The van der Waals surface area contributed by atoms with Gasteiger partial charge in [-0.05, 0) is 12.5 Å². The monoisotopic (exact) mass is 375 g/mol. The van der Waals surface area contributed by atoms with Gasteiger partial charge in [-0.15, -0.1) is 11.3 Å². The number of primary amides is 1. The molecule has 0 aliphatic heterocycles. The Bertz CT molecular complexity index is 1180. The second-order valence-electron chi connectivity index (χ2n) is 6.25. The number of benzene rings is 2. The fraction of sp³-hybridized carbons (Fsp3) is 0.0952. The third-order valence-electron chi connectivity index (χ3n) is 4.56. The molecule has 134 valence electrons. The van der Waals surface area contributed by atoms with Crippen molar-refractivity contribution in [1.82, 2.24) is 9.55 Å². The minimum Gasteiger partial charge on any atom is -0.368 e. The van der Waals surface area contributed by atoms with Crippen LogP contribution in [0.4, 0.5) is 0 Å². The highest BCUT2D eigenvalue weighted by atomic mass is 32.1. The summed E-state index contributed by atoms with van der Waals surface area (Å²) in [6.45, 7) is 1.62. The number of carbonyl (C=O) groups excluding carboxylic acids is 1. The Morgan fingerprint density at radius 1 is 1.04 bits per heavy atom. The summed E-state index contributed by atoms with van der Waals surface area (Å²) in [6, 6.07) is 18.2. The number of nitrogens with two attached hydrogens (primary N) is 1. The van der Waals surface area contributed by atoms with Crippen LogP contribution in [0.15, 0.2) is 70.8 Å². The summed E-state index contributed by atoms with van der Waals surface area (Å²) in [7, 11) is 0. The number of aromatic nitrogens is 2. The van der Waals surface area contributed by atoms with Crippen molar-refractivity contribution in [1.29, 1.82) is 0 Å². The predicted octanol–water partition coefficient (Wildman–Crippen LogP) is 3.84. The topological polar surface area (TPSA) is 78.0 Å². The average molecular weight is 375 g/mol. The quantitative estimate of drug-likeness (QED) is 0.589. The Kier molecular flexibility index (Phi) is 4.33. The van der Waals surface area contributed by atoms with E-state index in [4.69, 9.17) is 10.7 Å². The van der Waals surface area contributed by atoms with Crippen LogP contribution in [0.25, 0.3) is 32.7 Å². The summed E-state index contributed by atoms with van der Waals surface area (Å²) in [5.74, 6) is -0.132. The molecule has 2 N–H and O–H groups in total. The van der Waals surface area contributed by atoms with Crippen LogP contribution in [0.2, 0.25) is 0 Å². The molecule has 1 atom stereocenters. The molecule has 1 amide bonds. The molecule has 0 bridgehead atoms. The largest absolute Gasteiger partial charge is 0.368 e. The molecule has 0 fully saturated rings. The standard InChI is InChI=1S/C21H17N3O2S/c1-13(18(22)25)24-19(15-10-6-3-7-11-15)23-20-17(21(24)26)16(12-27-20)14-8-4-2-5-9-14/h2-13H,1H3,(H2,22,25). The number of thiophene rings is 1. The van der Waals surface area contributed by atoms with E-state index in [1.807, 2.05) is 66.0 Å². The summed E-state index contributed by atoms with van der Waals surface area (Å²) in [4.78, 5) is 30.7. The highest BCUT2D eigenvalue weighted by Gasteiger charge is 2.23. The fourth-order valence-corrected chi connectivity index (χ4v) is 4.05. The number of nitrogens with zero attached hydrogens (tertiary/aromatic N) is 2. The molecule has 0 aliphatic rings. The number of amides is 1. The van der Waals surface area contributed by atoms with E-state index < -0.39 is 11.9 Å². The third-order valence-corrected chi connectivity index (χ3v) is 5.43. The first-order valence-electron chi connectivity index (χ1n) is 8.52. The first kappa shape index (κ1) is 17.2. The van der Waals surface area contributed by atoms with E-state index in [0.29, 0.717) is 16.0 Å². The van der Waals surface area contributed by atoms with Crippen LogP contribution in [0.1, 0.15) is 13.0 Å². The molecule has 6 heteroatoms. The molecule has 1 unspecified atom stereocenters. The Morgan fingerprint density at radius 2 is 1.63 bits per heavy atom. The minimum atomic E-state index is -0.812. The van der Waals surface area contributed by atoms with Gasteiger partial charge in [0.25, 0.3) is 5.56 Å². The summed E-state index contributed by atoms with van der Waals surface area (Å²) in [6.07, 6.45) is 0. The van der Waals surface area contributed by atoms with Crippen LogP contribution < -0.4 is 11.3 Å². The Hall–Kier alpha value is -3.25. The van der Waals surface area contributed by atoms with E-state index in [2.05, 4.69) is 0 Å². The lowest BCUT2D eigenvalue weighted by molar-refractivity contribution is -0.120. The first-order valence-corrected chi connectivity index (χ1v) is 9.40. The van der Waals surface area contributed by atoms with Crippen molar-refractivity contribution < 1.29 is 4.79 Å². The number of hydrogen-bond donors (Lipinski definition) is 1. The predicted molar refractivity (Wildman–Crippen MR) is 109 cm³/mol. The van der Waals surface area contributed by atoms with Crippen molar-refractivity contribution in [3.05, 3.63) is 76.4 Å². The molecule has 5 nitrogen and oxygen atoms in total. The molecular weight excluding hydrogens is 358 g/mol. The zero-order valence-electron chi connectivity index (χ0n) is 14.6. The molecule has 2 aromatic carbocycles. The van der Waals surface area contributed by atoms with Crippen LogP contribution >= 0.6 is 11.3 Å². The summed E-state index contributed by atoms with van der Waals surface area (Å²) in [5.41, 5.74) is 7.79. The van der Waals surface area contributed by atoms with Crippen molar-refractivity contribution >= 4 is 27.5 Å². The molecule has 27 heavy (non-hydrogen) atoms. The van der Waals surface area contributed by atoms with Gasteiger partial charge in [-0.25, -0.2) is 4.98 Å². The van der Waals surface area contributed by atoms with E-state index in [0.717, 1.165) is 16.7 Å². The van der Waals surface area contributed by atoms with Crippen molar-refractivity contribution in [3.63, 3.8) is 0 Å². The number of hydrogen-bond acceptors (Lipinski definition) is 4. The third kappa shape index (κ3) is 2.94. The summed E-state index contributed by atoms with van der Waals surface area (Å²) in [5, 5.41) is 2.45. The molecule has 0 saturated heterocycles. The Labute approximate surface area is 159 Å². The maximum Gasteiger partial charge on any atom is 0.263 e. The maximum absolute atomic E-state index is 13.4. The summed E-state index contributed by atoms with van der Waals surface area (Å²) < 4.78 is 1.40. The summed E-state index contributed by atoms with van der Waals surface area (Å²) >= 11 is 1.42. The first-order chi connectivity index (χ1) is 13.1. The lowest BCUT2D eigenvalue weighted by Gasteiger charge is -2.17. The van der Waals surface area contributed by atoms with Gasteiger partial charge < -0.3 is 5.73 Å². The van der Waals surface area contributed by atoms with E-state index in [9.17, 15) is 9.59 Å². The van der Waals surface area contributed by atoms with Gasteiger partial charge in [-0.2, -0.15) is 0 Å². The number of fused-ring (bicyclic) bond motifs is 1. The normalized spacial score (nSPS) is 12.2. The van der Waals surface area contributed by atoms with Crippen LogP contribution in [0.3, 0.4) is 0 Å². The van der Waals surface area contributed by atoms with Gasteiger partial charge in [0, 0.05) is 16.5 Å². The minimum absolute atomic E-state index is 0.259. The zero-order valence-corrected chi connectivity index (χ0v) is 15.4. The van der Waals surface area contributed by atoms with Gasteiger partial charge in [0.2, 0.25) is 5.91 Å². The molecule has 4 rings (SSSR count). The van der Waals surface area contributed by atoms with Crippen LogP contribution in [-0.2, 0) is 4.79 Å². The lowest BCUT2D eigenvalue weighted by Crippen LogP contribution is -2.33. The Balaban J connectivity index is 2.07. The molecule has 4 aromatic rings. The molecule has 0 saturated carbocycles. The van der Waals surface area contributed by atoms with E-state index >= 15 is 0 Å². The van der Waals surface area contributed by atoms with E-state index in [1.54, 1.807) is 6.92 Å². The highest BCUT2D eigenvalue weighted by Crippen LogP contribution is 2.32. The molecule has 2 aromatic heterocycles. The van der Waals surface area contributed by atoms with Crippen molar-refractivity contribution in [2.45, 2.75) is 13.0 Å². The van der Waals surface area contributed by atoms with Gasteiger partial charge >= 0.3 is 0 Å². The van der Waals surface area contributed by atoms with Crippen molar-refractivity contribution in [2.24, 2.45) is 5.73 Å². The van der Waals surface area contributed by atoms with E-state index in [1.165, 1.54) is 15.9 Å². The van der Waals surface area contributed by atoms with Gasteiger partial charge in [-0.1, -0.05) is 60.7 Å². The molecular formula is C21H17N3O2S. The van der Waals surface area contributed by atoms with Gasteiger partial charge in [0.15, 0.2) is 0 Å². The second-order valence-corrected chi connectivity index (χ2v) is 7.11. The van der Waals surface area contributed by atoms with Gasteiger partial charge in [-0.3, -0.25) is 14.2 Å².